The summed E-state index contributed by atoms with van der Waals surface area (Å²) in [6.07, 6.45) is 0. The van der Waals surface area contributed by atoms with Gasteiger partial charge in [-0.3, -0.25) is 0 Å². The fourth-order valence-electron chi connectivity index (χ4n) is 1.04. The Kier molecular flexibility index (Phi) is 2.41. The van der Waals surface area contributed by atoms with Crippen LogP contribution in [0.3, 0.4) is 0 Å². The third-order valence-corrected chi connectivity index (χ3v) is 1.84. The molecule has 0 radical (unpaired) electrons. The van der Waals surface area contributed by atoms with E-state index in [0.29, 0.717) is 16.8 Å². The molecule has 1 rings (SSSR count). The molecule has 1 aromatic carbocycles. The molecule has 70 valence electrons. The second-order valence-electron chi connectivity index (χ2n) is 2.70. The summed E-state index contributed by atoms with van der Waals surface area (Å²) in [5.41, 5.74) is 6.83. The summed E-state index contributed by atoms with van der Waals surface area (Å²) in [5.74, 6) is -0.538. The van der Waals surface area contributed by atoms with Gasteiger partial charge < -0.3 is 15.6 Å². The molecule has 4 nitrogen and oxygen atoms in total. The van der Waals surface area contributed by atoms with Gasteiger partial charge in [0.25, 0.3) is 0 Å². The summed E-state index contributed by atoms with van der Waals surface area (Å²) in [7, 11) is 1.28. The fourth-order valence-corrected chi connectivity index (χ4v) is 1.04. The number of rotatable bonds is 1. The molecule has 0 bridgehead atoms. The molecule has 0 atom stereocenters. The summed E-state index contributed by atoms with van der Waals surface area (Å²) in [6.45, 7) is 1.70. The van der Waals surface area contributed by atoms with Crippen LogP contribution in [0.5, 0.6) is 5.75 Å². The normalized spacial score (nSPS) is 9.69. The highest BCUT2D eigenvalue weighted by molar-refractivity contribution is 5.93. The molecule has 4 heteroatoms. The summed E-state index contributed by atoms with van der Waals surface area (Å²) in [4.78, 5) is 11.1. The molecule has 0 fully saturated rings. The maximum absolute atomic E-state index is 11.1. The lowest BCUT2D eigenvalue weighted by atomic mass is 10.1. The summed E-state index contributed by atoms with van der Waals surface area (Å²) >= 11 is 0. The highest BCUT2D eigenvalue weighted by Gasteiger charge is 2.12. The lowest BCUT2D eigenvalue weighted by Gasteiger charge is -2.06. The quantitative estimate of drug-likeness (QED) is 0.502. The maximum Gasteiger partial charge on any atom is 0.338 e. The lowest BCUT2D eigenvalue weighted by Crippen LogP contribution is -2.05. The zero-order valence-electron chi connectivity index (χ0n) is 7.50. The molecule has 0 aliphatic carbocycles. The minimum absolute atomic E-state index is 0.0384. The zero-order valence-corrected chi connectivity index (χ0v) is 7.50. The number of ether oxygens (including phenoxy) is 1. The Morgan fingerprint density at radius 1 is 1.54 bits per heavy atom. The van der Waals surface area contributed by atoms with Gasteiger partial charge >= 0.3 is 5.97 Å². The van der Waals surface area contributed by atoms with E-state index < -0.39 is 5.97 Å². The molecule has 0 unspecified atom stereocenters. The van der Waals surface area contributed by atoms with Crippen molar-refractivity contribution in [3.8, 4) is 5.75 Å². The van der Waals surface area contributed by atoms with E-state index in [4.69, 9.17) is 5.73 Å². The van der Waals surface area contributed by atoms with E-state index in [9.17, 15) is 9.90 Å². The third kappa shape index (κ3) is 1.72. The van der Waals surface area contributed by atoms with E-state index in [-0.39, 0.29) is 5.75 Å². The first-order chi connectivity index (χ1) is 6.06. The van der Waals surface area contributed by atoms with Gasteiger partial charge in [0.05, 0.1) is 12.7 Å². The minimum atomic E-state index is -0.500. The van der Waals surface area contributed by atoms with Gasteiger partial charge in [0.15, 0.2) is 0 Å². The maximum atomic E-state index is 11.1. The Morgan fingerprint density at radius 3 is 2.69 bits per heavy atom. The Hall–Kier alpha value is -1.71. The molecule has 0 aromatic heterocycles. The van der Waals surface area contributed by atoms with Gasteiger partial charge in [0, 0.05) is 11.8 Å². The topological polar surface area (TPSA) is 72.5 Å². The van der Waals surface area contributed by atoms with Crippen molar-refractivity contribution < 1.29 is 14.6 Å². The molecule has 0 amide bonds. The smallest absolute Gasteiger partial charge is 0.338 e. The van der Waals surface area contributed by atoms with Crippen molar-refractivity contribution in [2.24, 2.45) is 0 Å². The number of nitrogen functional groups attached to an aromatic ring is 1. The number of methoxy groups -OCH3 is 1. The number of aromatic hydroxyl groups is 1. The number of carbonyl (C=O) groups is 1. The number of anilines is 1. The van der Waals surface area contributed by atoms with Crippen LogP contribution >= 0.6 is 0 Å². The van der Waals surface area contributed by atoms with Crippen molar-refractivity contribution in [1.82, 2.24) is 0 Å². The second kappa shape index (κ2) is 3.35. The van der Waals surface area contributed by atoms with Crippen LogP contribution < -0.4 is 5.73 Å². The molecule has 0 saturated heterocycles. The van der Waals surface area contributed by atoms with Crippen LogP contribution in [0.2, 0.25) is 0 Å². The van der Waals surface area contributed by atoms with Crippen LogP contribution in [0, 0.1) is 6.92 Å². The molecule has 0 spiro atoms. The van der Waals surface area contributed by atoms with Crippen molar-refractivity contribution in [2.45, 2.75) is 6.92 Å². The third-order valence-electron chi connectivity index (χ3n) is 1.84. The first kappa shape index (κ1) is 9.38. The first-order valence-electron chi connectivity index (χ1n) is 3.73. The molecular formula is C9H11NO3. The number of nitrogens with two attached hydrogens (primary N) is 1. The standard InChI is InChI=1S/C9H11NO3/c1-5-7(9(12)13-2)3-6(11)4-8(5)10/h3-4,11H,10H2,1-2H3. The van der Waals surface area contributed by atoms with Gasteiger partial charge in [0.1, 0.15) is 5.75 Å². The first-order valence-corrected chi connectivity index (χ1v) is 3.73. The van der Waals surface area contributed by atoms with Gasteiger partial charge in [-0.2, -0.15) is 0 Å². The molecule has 0 heterocycles. The lowest BCUT2D eigenvalue weighted by molar-refractivity contribution is 0.0599. The van der Waals surface area contributed by atoms with Crippen LogP contribution in [-0.4, -0.2) is 18.2 Å². The Bertz CT molecular complexity index is 347. The van der Waals surface area contributed by atoms with Crippen LogP contribution in [0.15, 0.2) is 12.1 Å². The molecule has 3 N–H and O–H groups in total. The molecule has 0 aliphatic rings. The predicted molar refractivity (Wildman–Crippen MR) is 48.6 cm³/mol. The Balaban J connectivity index is 3.28. The summed E-state index contributed by atoms with van der Waals surface area (Å²) in [5, 5.41) is 9.17. The van der Waals surface area contributed by atoms with Crippen LogP contribution in [0.25, 0.3) is 0 Å². The number of esters is 1. The number of hydrogen-bond donors (Lipinski definition) is 2. The van der Waals surface area contributed by atoms with Gasteiger partial charge in [0.2, 0.25) is 0 Å². The number of carbonyl (C=O) groups excluding carboxylic acids is 1. The molecule has 1 aromatic rings. The van der Waals surface area contributed by atoms with Gasteiger partial charge in [-0.25, -0.2) is 4.79 Å². The monoisotopic (exact) mass is 181 g/mol. The van der Waals surface area contributed by atoms with Gasteiger partial charge in [-0.15, -0.1) is 0 Å². The average molecular weight is 181 g/mol. The van der Waals surface area contributed by atoms with Crippen molar-refractivity contribution in [1.29, 1.82) is 0 Å². The van der Waals surface area contributed by atoms with Gasteiger partial charge in [-0.1, -0.05) is 0 Å². The van der Waals surface area contributed by atoms with Crippen molar-refractivity contribution >= 4 is 11.7 Å². The fraction of sp³-hybridized carbons (Fsp3) is 0.222. The second-order valence-corrected chi connectivity index (χ2v) is 2.70. The zero-order chi connectivity index (χ0) is 10.0. The predicted octanol–water partition coefficient (Wildman–Crippen LogP) is 1.07. The van der Waals surface area contributed by atoms with E-state index in [1.807, 2.05) is 0 Å². The van der Waals surface area contributed by atoms with Gasteiger partial charge in [-0.05, 0) is 18.6 Å². The summed E-state index contributed by atoms with van der Waals surface area (Å²) < 4.78 is 4.52. The number of benzene rings is 1. The van der Waals surface area contributed by atoms with Crippen LogP contribution in [0.1, 0.15) is 15.9 Å². The SMILES string of the molecule is COC(=O)c1cc(O)cc(N)c1C. The van der Waals surface area contributed by atoms with E-state index in [0.717, 1.165) is 0 Å². The largest absolute Gasteiger partial charge is 0.508 e. The Morgan fingerprint density at radius 2 is 2.15 bits per heavy atom. The minimum Gasteiger partial charge on any atom is -0.508 e. The average Bonchev–Trinajstić information content (AvgIpc) is 2.10. The van der Waals surface area contributed by atoms with E-state index in [1.54, 1.807) is 6.92 Å². The number of phenolic OH excluding ortho intramolecular Hbond substituents is 1. The van der Waals surface area contributed by atoms with Crippen molar-refractivity contribution in [3.63, 3.8) is 0 Å². The van der Waals surface area contributed by atoms with E-state index >= 15 is 0 Å². The van der Waals surface area contributed by atoms with Crippen LogP contribution in [-0.2, 0) is 4.74 Å². The van der Waals surface area contributed by atoms with Crippen molar-refractivity contribution in [3.05, 3.63) is 23.3 Å². The van der Waals surface area contributed by atoms with E-state index in [1.165, 1.54) is 19.2 Å². The highest BCUT2D eigenvalue weighted by Crippen LogP contribution is 2.23. The van der Waals surface area contributed by atoms with E-state index in [2.05, 4.69) is 4.74 Å². The number of phenols is 1. The molecule has 0 aliphatic heterocycles. The van der Waals surface area contributed by atoms with Crippen molar-refractivity contribution in [2.75, 3.05) is 12.8 Å². The summed E-state index contributed by atoms with van der Waals surface area (Å²) in [6, 6.07) is 2.72. The molecule has 0 saturated carbocycles. The molecular weight excluding hydrogens is 170 g/mol. The number of hydrogen-bond acceptors (Lipinski definition) is 4. The Labute approximate surface area is 75.9 Å². The van der Waals surface area contributed by atoms with Crippen LogP contribution in [0.4, 0.5) is 5.69 Å². The highest BCUT2D eigenvalue weighted by atomic mass is 16.5. The molecule has 13 heavy (non-hydrogen) atoms.